The number of nitrogens with zero attached hydrogens (tertiary/aromatic N) is 1. The number of rotatable bonds is 4. The zero-order valence-corrected chi connectivity index (χ0v) is 10.5. The first-order valence-corrected chi connectivity index (χ1v) is 6.00. The summed E-state index contributed by atoms with van der Waals surface area (Å²) in [5.74, 6) is 0.869. The Morgan fingerprint density at radius 2 is 2.24 bits per heavy atom. The first-order valence-electron chi connectivity index (χ1n) is 6.00. The molecule has 1 fully saturated rings. The van der Waals surface area contributed by atoms with Gasteiger partial charge in [0.05, 0.1) is 12.3 Å². The highest BCUT2D eigenvalue weighted by Gasteiger charge is 2.24. The largest absolute Gasteiger partial charge is 0.489 e. The highest BCUT2D eigenvalue weighted by molar-refractivity contribution is 5.93. The third-order valence-electron chi connectivity index (χ3n) is 2.78. The van der Waals surface area contributed by atoms with Crippen LogP contribution in [0.25, 0.3) is 0 Å². The summed E-state index contributed by atoms with van der Waals surface area (Å²) in [6.45, 7) is 4.09. The van der Waals surface area contributed by atoms with Crippen LogP contribution in [0.5, 0.6) is 5.75 Å². The van der Waals surface area contributed by atoms with E-state index < -0.39 is 0 Å². The van der Waals surface area contributed by atoms with Crippen LogP contribution >= 0.6 is 0 Å². The van der Waals surface area contributed by atoms with E-state index >= 15 is 0 Å². The average Bonchev–Trinajstić information content (AvgIpc) is 3.12. The molecule has 1 N–H and O–H groups in total. The molecule has 2 rings (SSSR count). The summed E-state index contributed by atoms with van der Waals surface area (Å²) < 4.78 is 5.69. The Hall–Kier alpha value is -1.58. The number of nitrogens with one attached hydrogen (secondary N) is 1. The molecule has 1 aliphatic carbocycles. The van der Waals surface area contributed by atoms with Crippen LogP contribution in [0, 0.1) is 0 Å². The Bertz CT molecular complexity index is 425. The molecule has 0 aromatic carbocycles. The van der Waals surface area contributed by atoms with Gasteiger partial charge < -0.3 is 10.1 Å². The maximum atomic E-state index is 11.7. The lowest BCUT2D eigenvalue weighted by molar-refractivity contribution is 0.0956. The molecular weight excluding hydrogens is 216 g/mol. The van der Waals surface area contributed by atoms with Crippen molar-refractivity contribution < 1.29 is 9.53 Å². The van der Waals surface area contributed by atoms with Crippen molar-refractivity contribution in [2.24, 2.45) is 0 Å². The maximum absolute atomic E-state index is 11.7. The van der Waals surface area contributed by atoms with Crippen molar-refractivity contribution in [3.05, 3.63) is 23.5 Å². The van der Waals surface area contributed by atoms with Crippen LogP contribution in [0.3, 0.4) is 0 Å². The molecule has 4 nitrogen and oxygen atoms in total. The van der Waals surface area contributed by atoms with Gasteiger partial charge in [0, 0.05) is 7.05 Å². The summed E-state index contributed by atoms with van der Waals surface area (Å²) in [7, 11) is 1.61. The number of hydrogen-bond donors (Lipinski definition) is 1. The van der Waals surface area contributed by atoms with E-state index in [4.69, 9.17) is 4.74 Å². The lowest BCUT2D eigenvalue weighted by Gasteiger charge is -2.13. The number of pyridine rings is 1. The van der Waals surface area contributed by atoms with Gasteiger partial charge in [-0.2, -0.15) is 0 Å². The van der Waals surface area contributed by atoms with Crippen LogP contribution in [0.4, 0.5) is 0 Å². The van der Waals surface area contributed by atoms with E-state index in [1.165, 1.54) is 0 Å². The Morgan fingerprint density at radius 1 is 1.53 bits per heavy atom. The maximum Gasteiger partial charge on any atom is 0.269 e. The molecule has 1 aliphatic rings. The third-order valence-corrected chi connectivity index (χ3v) is 2.78. The lowest BCUT2D eigenvalue weighted by Crippen LogP contribution is -2.21. The quantitative estimate of drug-likeness (QED) is 0.868. The summed E-state index contributed by atoms with van der Waals surface area (Å²) in [4.78, 5) is 15.9. The Kier molecular flexibility index (Phi) is 3.31. The van der Waals surface area contributed by atoms with E-state index in [2.05, 4.69) is 10.3 Å². The molecule has 0 saturated heterocycles. The number of ether oxygens (including phenoxy) is 1. The van der Waals surface area contributed by atoms with Gasteiger partial charge >= 0.3 is 0 Å². The first kappa shape index (κ1) is 11.9. The minimum Gasteiger partial charge on any atom is -0.489 e. The van der Waals surface area contributed by atoms with Crippen molar-refractivity contribution in [3.8, 4) is 5.75 Å². The van der Waals surface area contributed by atoms with Gasteiger partial charge in [0.2, 0.25) is 0 Å². The fourth-order valence-corrected chi connectivity index (χ4v) is 1.65. The lowest BCUT2D eigenvalue weighted by atomic mass is 10.0. The predicted molar refractivity (Wildman–Crippen MR) is 65.4 cm³/mol. The van der Waals surface area contributed by atoms with E-state index in [-0.39, 0.29) is 11.8 Å². The molecule has 0 atom stereocenters. The smallest absolute Gasteiger partial charge is 0.269 e. The van der Waals surface area contributed by atoms with Gasteiger partial charge in [0.1, 0.15) is 11.4 Å². The van der Waals surface area contributed by atoms with Crippen molar-refractivity contribution in [2.45, 2.75) is 38.7 Å². The number of carbonyl (C=O) groups is 1. The molecule has 92 valence electrons. The van der Waals surface area contributed by atoms with Crippen molar-refractivity contribution >= 4 is 5.91 Å². The number of amides is 1. The highest BCUT2D eigenvalue weighted by Crippen LogP contribution is 2.29. The highest BCUT2D eigenvalue weighted by atomic mass is 16.5. The van der Waals surface area contributed by atoms with Gasteiger partial charge in [0.25, 0.3) is 5.91 Å². The summed E-state index contributed by atoms with van der Waals surface area (Å²) in [6.07, 6.45) is 4.22. The molecule has 0 aliphatic heterocycles. The van der Waals surface area contributed by atoms with Crippen molar-refractivity contribution in [1.29, 1.82) is 0 Å². The molecule has 4 heteroatoms. The van der Waals surface area contributed by atoms with Gasteiger partial charge in [0.15, 0.2) is 0 Å². The standard InChI is InChI=1S/C13H18N2O2/c1-8(2)11-6-10(17-9-4-5-9)7-15-12(11)13(16)14-3/h6-9H,4-5H2,1-3H3,(H,14,16). The van der Waals surface area contributed by atoms with Crippen molar-refractivity contribution in [3.63, 3.8) is 0 Å². The normalized spacial score (nSPS) is 14.8. The fraction of sp³-hybridized carbons (Fsp3) is 0.538. The minimum atomic E-state index is -0.147. The Labute approximate surface area is 101 Å². The third kappa shape index (κ3) is 2.75. The zero-order chi connectivity index (χ0) is 12.4. The number of carbonyl (C=O) groups excluding carboxylic acids is 1. The molecule has 0 bridgehead atoms. The first-order chi connectivity index (χ1) is 8.11. The summed E-state index contributed by atoms with van der Waals surface area (Å²) >= 11 is 0. The molecule has 1 aromatic heterocycles. The number of aromatic nitrogens is 1. The second-order valence-corrected chi connectivity index (χ2v) is 4.66. The molecule has 1 saturated carbocycles. The number of hydrogen-bond acceptors (Lipinski definition) is 3. The molecule has 1 amide bonds. The van der Waals surface area contributed by atoms with Gasteiger partial charge in [-0.1, -0.05) is 13.8 Å². The van der Waals surface area contributed by atoms with Crippen LogP contribution < -0.4 is 10.1 Å². The van der Waals surface area contributed by atoms with Crippen molar-refractivity contribution in [2.75, 3.05) is 7.05 Å². The molecule has 1 aromatic rings. The Morgan fingerprint density at radius 3 is 2.76 bits per heavy atom. The van der Waals surface area contributed by atoms with E-state index in [1.807, 2.05) is 19.9 Å². The van der Waals surface area contributed by atoms with Gasteiger partial charge in [-0.25, -0.2) is 4.98 Å². The molecule has 0 spiro atoms. The monoisotopic (exact) mass is 234 g/mol. The average molecular weight is 234 g/mol. The summed E-state index contributed by atoms with van der Waals surface area (Å²) in [5, 5.41) is 2.61. The van der Waals surface area contributed by atoms with Crippen LogP contribution in [0.2, 0.25) is 0 Å². The van der Waals surface area contributed by atoms with Crippen LogP contribution in [-0.2, 0) is 0 Å². The van der Waals surface area contributed by atoms with Crippen LogP contribution in [0.15, 0.2) is 12.3 Å². The summed E-state index contributed by atoms with van der Waals surface area (Å²) in [6, 6.07) is 1.93. The van der Waals surface area contributed by atoms with E-state index in [0.29, 0.717) is 11.8 Å². The van der Waals surface area contributed by atoms with Gasteiger partial charge in [-0.05, 0) is 30.4 Å². The molecule has 1 heterocycles. The minimum absolute atomic E-state index is 0.147. The Balaban J connectivity index is 2.29. The summed E-state index contributed by atoms with van der Waals surface area (Å²) in [5.41, 5.74) is 1.42. The second kappa shape index (κ2) is 4.73. The fourth-order valence-electron chi connectivity index (χ4n) is 1.65. The SMILES string of the molecule is CNC(=O)c1ncc(OC2CC2)cc1C(C)C. The second-order valence-electron chi connectivity index (χ2n) is 4.66. The van der Waals surface area contributed by atoms with Crippen molar-refractivity contribution in [1.82, 2.24) is 10.3 Å². The zero-order valence-electron chi connectivity index (χ0n) is 10.5. The van der Waals surface area contributed by atoms with E-state index in [9.17, 15) is 4.79 Å². The van der Waals surface area contributed by atoms with Crippen LogP contribution in [0.1, 0.15) is 48.7 Å². The van der Waals surface area contributed by atoms with Gasteiger partial charge in [-0.3, -0.25) is 4.79 Å². The molecule has 17 heavy (non-hydrogen) atoms. The molecular formula is C13H18N2O2. The topological polar surface area (TPSA) is 51.2 Å². The molecule has 0 radical (unpaired) electrons. The van der Waals surface area contributed by atoms with E-state index in [1.54, 1.807) is 13.2 Å². The van der Waals surface area contributed by atoms with Crippen LogP contribution in [-0.4, -0.2) is 24.0 Å². The molecule has 0 unspecified atom stereocenters. The van der Waals surface area contributed by atoms with E-state index in [0.717, 1.165) is 24.2 Å². The predicted octanol–water partition coefficient (Wildman–Crippen LogP) is 2.11. The van der Waals surface area contributed by atoms with Gasteiger partial charge in [-0.15, -0.1) is 0 Å².